The van der Waals surface area contributed by atoms with Gasteiger partial charge in [-0.2, -0.15) is 0 Å². The number of imidazole rings is 1. The Labute approximate surface area is 144 Å². The van der Waals surface area contributed by atoms with E-state index in [4.69, 9.17) is 0 Å². The van der Waals surface area contributed by atoms with Gasteiger partial charge in [-0.05, 0) is 32.0 Å². The maximum atomic E-state index is 15.3. The molecular formula is C16H12F2N6O2. The molecule has 26 heavy (non-hydrogen) atoms. The lowest BCUT2D eigenvalue weighted by molar-refractivity contribution is 0.222. The summed E-state index contributed by atoms with van der Waals surface area (Å²) in [5, 5.41) is 3.58. The van der Waals surface area contributed by atoms with Crippen molar-refractivity contribution in [3.8, 4) is 11.5 Å². The number of H-pyrrole nitrogens is 2. The summed E-state index contributed by atoms with van der Waals surface area (Å²) >= 11 is 0. The van der Waals surface area contributed by atoms with E-state index in [-0.39, 0.29) is 17.3 Å². The van der Waals surface area contributed by atoms with Gasteiger partial charge in [0.15, 0.2) is 5.82 Å². The smallest absolute Gasteiger partial charge is 0.339 e. The molecule has 4 heterocycles. The highest BCUT2D eigenvalue weighted by Crippen LogP contribution is 2.33. The standard InChI is InChI=1S/C16H12F2N6O2/c1-7-11-9(6-10(20-7)13-23-15(25)26-24-13)21-14(22-11)16(2,18)12-8(17)4-3-5-19-12/h3-6H,1-2H3,(H,21,22)(H,23,24,25). The van der Waals surface area contributed by atoms with E-state index >= 15 is 4.39 Å². The minimum absolute atomic E-state index is 0.110. The van der Waals surface area contributed by atoms with Gasteiger partial charge in [-0.15, -0.1) is 0 Å². The minimum atomic E-state index is -2.28. The van der Waals surface area contributed by atoms with Gasteiger partial charge in [-0.1, -0.05) is 5.16 Å². The third-order valence-corrected chi connectivity index (χ3v) is 3.97. The predicted octanol–water partition coefficient (Wildman–Crippen LogP) is 2.38. The van der Waals surface area contributed by atoms with Crippen LogP contribution in [0.2, 0.25) is 0 Å². The summed E-state index contributed by atoms with van der Waals surface area (Å²) < 4.78 is 33.8. The fourth-order valence-corrected chi connectivity index (χ4v) is 2.70. The van der Waals surface area contributed by atoms with Gasteiger partial charge in [0.1, 0.15) is 22.7 Å². The molecule has 132 valence electrons. The van der Waals surface area contributed by atoms with Crippen LogP contribution in [0.4, 0.5) is 8.78 Å². The third-order valence-electron chi connectivity index (χ3n) is 3.97. The van der Waals surface area contributed by atoms with E-state index < -0.39 is 17.2 Å². The molecule has 0 bridgehead atoms. The largest absolute Gasteiger partial charge is 0.439 e. The fourth-order valence-electron chi connectivity index (χ4n) is 2.70. The summed E-state index contributed by atoms with van der Waals surface area (Å²) in [4.78, 5) is 28.6. The lowest BCUT2D eigenvalue weighted by Gasteiger charge is -2.17. The number of hydrogen-bond donors (Lipinski definition) is 2. The van der Waals surface area contributed by atoms with Crippen molar-refractivity contribution in [2.45, 2.75) is 19.5 Å². The lowest BCUT2D eigenvalue weighted by atomic mass is 10.0. The molecule has 2 N–H and O–H groups in total. The molecule has 0 aliphatic rings. The van der Waals surface area contributed by atoms with Crippen LogP contribution >= 0.6 is 0 Å². The van der Waals surface area contributed by atoms with Crippen LogP contribution in [-0.4, -0.2) is 30.1 Å². The molecule has 10 heteroatoms. The molecule has 0 aliphatic carbocycles. The van der Waals surface area contributed by atoms with Crippen LogP contribution in [0.3, 0.4) is 0 Å². The van der Waals surface area contributed by atoms with E-state index in [0.717, 1.165) is 6.07 Å². The predicted molar refractivity (Wildman–Crippen MR) is 86.5 cm³/mol. The van der Waals surface area contributed by atoms with Crippen LogP contribution in [0.1, 0.15) is 24.1 Å². The summed E-state index contributed by atoms with van der Waals surface area (Å²) in [5.74, 6) is -1.46. The quantitative estimate of drug-likeness (QED) is 0.581. The van der Waals surface area contributed by atoms with E-state index in [9.17, 15) is 9.18 Å². The van der Waals surface area contributed by atoms with Gasteiger partial charge in [-0.3, -0.25) is 14.5 Å². The second-order valence-electron chi connectivity index (χ2n) is 5.85. The normalized spacial score (nSPS) is 13.8. The van der Waals surface area contributed by atoms with Crippen molar-refractivity contribution >= 4 is 11.0 Å². The molecular weight excluding hydrogens is 346 g/mol. The monoisotopic (exact) mass is 358 g/mol. The van der Waals surface area contributed by atoms with Crippen LogP contribution in [0.15, 0.2) is 33.7 Å². The number of rotatable bonds is 3. The molecule has 1 unspecified atom stereocenters. The Morgan fingerprint density at radius 1 is 1.27 bits per heavy atom. The fraction of sp³-hybridized carbons (Fsp3) is 0.188. The molecule has 8 nitrogen and oxygen atoms in total. The van der Waals surface area contributed by atoms with Gasteiger partial charge in [0.2, 0.25) is 11.5 Å². The molecule has 0 spiro atoms. The Morgan fingerprint density at radius 2 is 2.08 bits per heavy atom. The Hall–Kier alpha value is -3.43. The highest BCUT2D eigenvalue weighted by atomic mass is 19.1. The van der Waals surface area contributed by atoms with E-state index in [2.05, 4.69) is 34.6 Å². The number of halogens is 2. The third kappa shape index (κ3) is 2.46. The topological polar surface area (TPSA) is 113 Å². The number of hydrogen-bond acceptors (Lipinski definition) is 6. The molecule has 0 radical (unpaired) electrons. The maximum Gasteiger partial charge on any atom is 0.439 e. The van der Waals surface area contributed by atoms with E-state index in [1.54, 1.807) is 6.92 Å². The second-order valence-corrected chi connectivity index (χ2v) is 5.85. The first-order valence-corrected chi connectivity index (χ1v) is 7.60. The van der Waals surface area contributed by atoms with Gasteiger partial charge < -0.3 is 4.98 Å². The van der Waals surface area contributed by atoms with Crippen LogP contribution < -0.4 is 5.76 Å². The Morgan fingerprint density at radius 3 is 2.77 bits per heavy atom. The average Bonchev–Trinajstić information content (AvgIpc) is 3.22. The number of nitrogens with one attached hydrogen (secondary N) is 2. The lowest BCUT2D eigenvalue weighted by Crippen LogP contribution is -2.22. The molecule has 0 saturated carbocycles. The summed E-state index contributed by atoms with van der Waals surface area (Å²) in [7, 11) is 0. The van der Waals surface area contributed by atoms with Crippen LogP contribution in [0.25, 0.3) is 22.6 Å². The molecule has 0 aromatic carbocycles. The van der Waals surface area contributed by atoms with Crippen molar-refractivity contribution in [1.29, 1.82) is 0 Å². The van der Waals surface area contributed by atoms with Crippen molar-refractivity contribution in [1.82, 2.24) is 30.1 Å². The zero-order chi connectivity index (χ0) is 18.5. The van der Waals surface area contributed by atoms with Gasteiger partial charge in [0, 0.05) is 6.20 Å². The summed E-state index contributed by atoms with van der Waals surface area (Å²) in [6.07, 6.45) is 1.31. The van der Waals surface area contributed by atoms with Crippen molar-refractivity contribution in [2.75, 3.05) is 0 Å². The van der Waals surface area contributed by atoms with Gasteiger partial charge in [0.25, 0.3) is 0 Å². The first kappa shape index (κ1) is 16.1. The zero-order valence-electron chi connectivity index (χ0n) is 13.7. The van der Waals surface area contributed by atoms with Crippen LogP contribution in [-0.2, 0) is 5.67 Å². The molecule has 4 rings (SSSR count). The minimum Gasteiger partial charge on any atom is -0.339 e. The van der Waals surface area contributed by atoms with Gasteiger partial charge >= 0.3 is 5.76 Å². The molecule has 1 atom stereocenters. The summed E-state index contributed by atoms with van der Waals surface area (Å²) in [6, 6.07) is 4.05. The van der Waals surface area contributed by atoms with Crippen molar-refractivity contribution in [3.05, 3.63) is 58.0 Å². The molecule has 4 aromatic rings. The van der Waals surface area contributed by atoms with E-state index in [0.29, 0.717) is 22.4 Å². The van der Waals surface area contributed by atoms with Crippen molar-refractivity contribution in [3.63, 3.8) is 0 Å². The van der Waals surface area contributed by atoms with Crippen LogP contribution in [0.5, 0.6) is 0 Å². The number of fused-ring (bicyclic) bond motifs is 1. The van der Waals surface area contributed by atoms with Crippen molar-refractivity contribution in [2.24, 2.45) is 0 Å². The molecule has 4 aromatic heterocycles. The average molecular weight is 358 g/mol. The SMILES string of the molecule is Cc1nc(-c2noc(=O)[nH]2)cc2[nH]c(C(C)(F)c3ncccc3F)nc12. The first-order chi connectivity index (χ1) is 12.4. The molecule has 0 saturated heterocycles. The number of nitrogens with zero attached hydrogens (tertiary/aromatic N) is 4. The number of aromatic amines is 2. The van der Waals surface area contributed by atoms with E-state index in [1.807, 2.05) is 0 Å². The molecule has 0 fully saturated rings. The molecule has 0 aliphatic heterocycles. The van der Waals surface area contributed by atoms with Crippen molar-refractivity contribution < 1.29 is 13.3 Å². The Bertz CT molecular complexity index is 1180. The summed E-state index contributed by atoms with van der Waals surface area (Å²) in [6.45, 7) is 2.85. The Kier molecular flexibility index (Phi) is 3.43. The first-order valence-electron chi connectivity index (χ1n) is 7.60. The number of aryl methyl sites for hydroxylation is 1. The van der Waals surface area contributed by atoms with E-state index in [1.165, 1.54) is 25.3 Å². The maximum absolute atomic E-state index is 15.3. The number of pyridine rings is 2. The second kappa shape index (κ2) is 5.55. The zero-order valence-corrected chi connectivity index (χ0v) is 13.7. The Balaban J connectivity index is 1.87. The van der Waals surface area contributed by atoms with Crippen LogP contribution in [0, 0.1) is 12.7 Å². The number of alkyl halides is 1. The number of aromatic nitrogens is 6. The molecule has 0 amide bonds. The highest BCUT2D eigenvalue weighted by Gasteiger charge is 2.36. The summed E-state index contributed by atoms with van der Waals surface area (Å²) in [5.41, 5.74) is -0.993. The van der Waals surface area contributed by atoms with Gasteiger partial charge in [0.05, 0.1) is 11.2 Å². The van der Waals surface area contributed by atoms with Gasteiger partial charge in [-0.25, -0.2) is 23.5 Å². The highest BCUT2D eigenvalue weighted by molar-refractivity contribution is 5.81.